The zero-order chi connectivity index (χ0) is 25.3. The first kappa shape index (κ1) is 24.0. The number of sulfonamides is 1. The van der Waals surface area contributed by atoms with E-state index in [1.807, 2.05) is 4.72 Å². The van der Waals surface area contributed by atoms with Crippen molar-refractivity contribution in [1.82, 2.24) is 14.8 Å². The fourth-order valence-corrected chi connectivity index (χ4v) is 5.86. The second kappa shape index (κ2) is 8.17. The summed E-state index contributed by atoms with van der Waals surface area (Å²) in [6.07, 6.45) is 0.562. The van der Waals surface area contributed by atoms with Crippen LogP contribution in [-0.4, -0.2) is 61.9 Å². The smallest absolute Gasteiger partial charge is 0.326 e. The molecule has 3 aromatic rings. The topological polar surface area (TPSA) is 95.8 Å². The summed E-state index contributed by atoms with van der Waals surface area (Å²) in [7, 11) is -3.96. The Labute approximate surface area is 205 Å². The molecule has 14 heteroatoms. The van der Waals surface area contributed by atoms with E-state index >= 15 is 0 Å². The second-order valence-corrected chi connectivity index (χ2v) is 11.1. The molecule has 0 aliphatic carbocycles. The second-order valence-electron chi connectivity index (χ2n) is 8.44. The van der Waals surface area contributed by atoms with Gasteiger partial charge in [0.05, 0.1) is 17.2 Å². The van der Waals surface area contributed by atoms with Crippen molar-refractivity contribution in [3.8, 4) is 11.1 Å². The van der Waals surface area contributed by atoms with Gasteiger partial charge in [-0.3, -0.25) is 4.90 Å². The molecule has 0 saturated carbocycles. The number of carbonyl (C=O) groups excluding carboxylic acids is 1. The minimum atomic E-state index is -3.96. The first-order chi connectivity index (χ1) is 16.4. The molecule has 1 aromatic heterocycles. The summed E-state index contributed by atoms with van der Waals surface area (Å²) in [5.74, 6) is -5.29. The number of rotatable bonds is 4. The lowest BCUT2D eigenvalue weighted by Crippen LogP contribution is -2.56. The van der Waals surface area contributed by atoms with Crippen LogP contribution in [0.5, 0.6) is 0 Å². The molecule has 0 unspecified atom stereocenters. The van der Waals surface area contributed by atoms with Crippen molar-refractivity contribution in [1.29, 1.82) is 0 Å². The number of hydrogen-bond donors (Lipinski definition) is 1. The summed E-state index contributed by atoms with van der Waals surface area (Å²) in [4.78, 5) is 15.3. The maximum absolute atomic E-state index is 14.9. The molecule has 2 saturated heterocycles. The fourth-order valence-electron chi connectivity index (χ4n) is 4.68. The van der Waals surface area contributed by atoms with Gasteiger partial charge in [-0.2, -0.15) is 0 Å². The molecule has 0 radical (unpaired) electrons. The maximum Gasteiger partial charge on any atom is 0.326 e. The van der Waals surface area contributed by atoms with Crippen LogP contribution in [0.1, 0.15) is 6.42 Å². The molecular weight excluding hydrogens is 560 g/mol. The van der Waals surface area contributed by atoms with E-state index in [4.69, 9.17) is 4.52 Å². The fraction of sp³-hybridized carbons (Fsp3) is 0.333. The van der Waals surface area contributed by atoms with Crippen LogP contribution >= 0.6 is 15.9 Å². The van der Waals surface area contributed by atoms with E-state index in [1.165, 1.54) is 18.2 Å². The van der Waals surface area contributed by atoms with Crippen LogP contribution in [0.2, 0.25) is 0 Å². The third kappa shape index (κ3) is 3.96. The number of nitrogens with one attached hydrogen (secondary N) is 1. The summed E-state index contributed by atoms with van der Waals surface area (Å²) < 4.78 is 90.0. The predicted molar refractivity (Wildman–Crippen MR) is 122 cm³/mol. The summed E-state index contributed by atoms with van der Waals surface area (Å²) in [5.41, 5.74) is -0.194. The lowest BCUT2D eigenvalue weighted by Gasteiger charge is -2.37. The van der Waals surface area contributed by atoms with Gasteiger partial charge in [-0.05, 0) is 30.7 Å². The van der Waals surface area contributed by atoms with E-state index < -0.39 is 52.2 Å². The van der Waals surface area contributed by atoms with Crippen LogP contribution in [0.3, 0.4) is 0 Å². The van der Waals surface area contributed by atoms with Crippen LogP contribution < -0.4 is 9.62 Å². The molecule has 2 atom stereocenters. The van der Waals surface area contributed by atoms with Crippen LogP contribution in [-0.2, 0) is 10.0 Å². The zero-order valence-corrected chi connectivity index (χ0v) is 20.3. The Kier molecular flexibility index (Phi) is 5.60. The Bertz CT molecular complexity index is 1440. The van der Waals surface area contributed by atoms with Crippen LogP contribution in [0.4, 0.5) is 28.2 Å². The van der Waals surface area contributed by atoms with Crippen molar-refractivity contribution in [2.75, 3.05) is 24.2 Å². The van der Waals surface area contributed by atoms with Gasteiger partial charge in [0.15, 0.2) is 11.4 Å². The molecule has 0 bridgehead atoms. The Morgan fingerprint density at radius 2 is 1.91 bits per heavy atom. The number of nitrogens with zero attached hydrogens (tertiary/aromatic N) is 3. The van der Waals surface area contributed by atoms with E-state index in [0.29, 0.717) is 4.47 Å². The largest absolute Gasteiger partial charge is 0.354 e. The van der Waals surface area contributed by atoms with Gasteiger partial charge >= 0.3 is 6.03 Å². The van der Waals surface area contributed by atoms with E-state index in [1.54, 1.807) is 0 Å². The van der Waals surface area contributed by atoms with Gasteiger partial charge in [-0.1, -0.05) is 27.2 Å². The molecule has 2 amide bonds. The van der Waals surface area contributed by atoms with Gasteiger partial charge in [0, 0.05) is 23.1 Å². The molecule has 5 rings (SSSR count). The molecule has 2 aliphatic heterocycles. The van der Waals surface area contributed by atoms with E-state index in [0.717, 1.165) is 28.2 Å². The van der Waals surface area contributed by atoms with Gasteiger partial charge in [0.25, 0.3) is 5.92 Å². The van der Waals surface area contributed by atoms with Gasteiger partial charge in [-0.15, -0.1) is 0 Å². The van der Waals surface area contributed by atoms with Crippen molar-refractivity contribution in [2.45, 2.75) is 24.4 Å². The average molecular weight is 577 g/mol. The highest BCUT2D eigenvalue weighted by molar-refractivity contribution is 9.10. The van der Waals surface area contributed by atoms with Crippen molar-refractivity contribution in [2.24, 2.45) is 0 Å². The summed E-state index contributed by atoms with van der Waals surface area (Å²) in [5, 5.41) is 4.05. The summed E-state index contributed by atoms with van der Waals surface area (Å²) in [6, 6.07) is 2.14. The quantitative estimate of drug-likeness (QED) is 0.472. The van der Waals surface area contributed by atoms with Gasteiger partial charge < -0.3 is 9.42 Å². The number of halogens is 5. The highest BCUT2D eigenvalue weighted by Gasteiger charge is 2.60. The molecule has 8 nitrogen and oxygen atoms in total. The number of alkyl halides is 2. The highest BCUT2D eigenvalue weighted by atomic mass is 79.9. The first-order valence-corrected chi connectivity index (χ1v) is 13.0. The molecule has 35 heavy (non-hydrogen) atoms. The number of urea groups is 1. The molecular formula is C21H17BrF4N4O4S. The standard InChI is InChI=1S/C21H17BrF4N4O4S/c1-35(32,33)28-15-9-30-16(21(15,25)26)5-6-29(20(30)31)19-18-11(7-10(22)8-14(18)34-27-19)17-12(23)3-2-4-13(17)24/h2-4,7-8,15-16,28H,5-6,9H2,1H3/t15-,16-/m1/s1. The maximum atomic E-state index is 14.9. The monoisotopic (exact) mass is 576 g/mol. The SMILES string of the molecule is CS(=O)(=O)N[C@@H]1CN2C(=O)N(c3noc4cc(Br)cc(-c5c(F)cccc5F)c34)CC[C@@H]2C1(F)F. The molecule has 2 aliphatic rings. The lowest BCUT2D eigenvalue weighted by molar-refractivity contribution is -0.0448. The molecule has 2 aromatic carbocycles. The minimum Gasteiger partial charge on any atom is -0.354 e. The van der Waals surface area contributed by atoms with E-state index in [-0.39, 0.29) is 40.9 Å². The number of amides is 2. The number of aromatic nitrogens is 1. The summed E-state index contributed by atoms with van der Waals surface area (Å²) in [6.45, 7) is -0.756. The first-order valence-electron chi connectivity index (χ1n) is 10.3. The normalized spacial score (nSPS) is 22.2. The number of carbonyl (C=O) groups is 1. The molecule has 1 N–H and O–H groups in total. The van der Waals surface area contributed by atoms with Crippen LogP contribution in [0.15, 0.2) is 39.3 Å². The highest BCUT2D eigenvalue weighted by Crippen LogP contribution is 2.44. The Balaban J connectivity index is 1.59. The average Bonchev–Trinajstić information content (AvgIpc) is 3.26. The van der Waals surface area contributed by atoms with Gasteiger partial charge in [0.1, 0.15) is 23.7 Å². The summed E-state index contributed by atoms with van der Waals surface area (Å²) >= 11 is 3.27. The Morgan fingerprint density at radius 3 is 2.57 bits per heavy atom. The Morgan fingerprint density at radius 1 is 1.23 bits per heavy atom. The van der Waals surface area contributed by atoms with Crippen molar-refractivity contribution >= 4 is 48.8 Å². The minimum absolute atomic E-state index is 0.0551. The molecule has 2 fully saturated rings. The van der Waals surface area contributed by atoms with Crippen LogP contribution in [0.25, 0.3) is 22.1 Å². The molecule has 3 heterocycles. The van der Waals surface area contributed by atoms with Gasteiger partial charge in [-0.25, -0.2) is 35.5 Å². The third-order valence-electron chi connectivity index (χ3n) is 6.13. The van der Waals surface area contributed by atoms with E-state index in [2.05, 4.69) is 21.1 Å². The zero-order valence-electron chi connectivity index (χ0n) is 17.9. The molecule has 186 valence electrons. The van der Waals surface area contributed by atoms with Crippen molar-refractivity contribution in [3.05, 3.63) is 46.4 Å². The third-order valence-corrected chi connectivity index (χ3v) is 7.30. The van der Waals surface area contributed by atoms with Crippen molar-refractivity contribution < 1.29 is 35.3 Å². The predicted octanol–water partition coefficient (Wildman–Crippen LogP) is 4.10. The van der Waals surface area contributed by atoms with E-state index in [9.17, 15) is 30.8 Å². The number of anilines is 1. The lowest BCUT2D eigenvalue weighted by atomic mass is 9.99. The number of hydrogen-bond acceptors (Lipinski definition) is 5. The van der Waals surface area contributed by atoms with Crippen molar-refractivity contribution in [3.63, 3.8) is 0 Å². The number of benzene rings is 2. The molecule has 0 spiro atoms. The van der Waals surface area contributed by atoms with Gasteiger partial charge in [0.2, 0.25) is 10.0 Å². The number of fused-ring (bicyclic) bond motifs is 2. The van der Waals surface area contributed by atoms with Crippen LogP contribution in [0, 0.1) is 11.6 Å². The Hall–Kier alpha value is -2.71.